The SMILES string of the molecule is CN1C=Cc2c(c3cnccc3n2-c2ccc(-c3ccc(-n4c5ccccc5c5c6c(ccc54)-c4ccccc4C6(c4ccccn4)c4ccccn4)cc3)cc2)C1. The topological polar surface area (TPSA) is 51.8 Å². The summed E-state index contributed by atoms with van der Waals surface area (Å²) >= 11 is 0. The van der Waals surface area contributed by atoms with Crippen molar-refractivity contribution in [2.45, 2.75) is 12.0 Å². The van der Waals surface area contributed by atoms with E-state index in [1.807, 2.05) is 36.9 Å². The first-order valence-electron chi connectivity index (χ1n) is 19.8. The van der Waals surface area contributed by atoms with E-state index >= 15 is 0 Å². The number of benzene rings is 5. The predicted molar refractivity (Wildman–Crippen MR) is 234 cm³/mol. The van der Waals surface area contributed by atoms with E-state index in [4.69, 9.17) is 9.97 Å². The highest BCUT2D eigenvalue weighted by molar-refractivity contribution is 6.15. The van der Waals surface area contributed by atoms with Crippen LogP contribution in [0.1, 0.15) is 33.8 Å². The van der Waals surface area contributed by atoms with E-state index in [1.165, 1.54) is 66.3 Å². The van der Waals surface area contributed by atoms with Crippen molar-refractivity contribution in [3.05, 3.63) is 216 Å². The van der Waals surface area contributed by atoms with Crippen molar-refractivity contribution in [1.82, 2.24) is 29.0 Å². The number of pyridine rings is 3. The number of fused-ring (bicyclic) bond motifs is 10. The molecule has 6 heteroatoms. The molecule has 12 rings (SSSR count). The standard InChI is InChI=1S/C52H36N6/c1-56-31-27-46-42(33-56)41-32-53-30-26-45(41)57(46)36-20-16-34(17-21-36)35-18-22-37(23-19-35)58-44-13-5-3-11-40(44)50-47(58)25-24-39-38-10-2-4-12-43(38)52(51(39)50,48-14-6-8-28-54-48)49-15-7-9-29-55-49/h2-32H,33H2,1H3. The zero-order valence-electron chi connectivity index (χ0n) is 31.8. The van der Waals surface area contributed by atoms with Gasteiger partial charge in [-0.2, -0.15) is 0 Å². The molecule has 0 atom stereocenters. The Hall–Kier alpha value is -7.57. The molecule has 0 spiro atoms. The first kappa shape index (κ1) is 32.7. The zero-order chi connectivity index (χ0) is 38.4. The third kappa shape index (κ3) is 4.51. The summed E-state index contributed by atoms with van der Waals surface area (Å²) in [6.07, 6.45) is 12.1. The maximum Gasteiger partial charge on any atom is 0.106 e. The van der Waals surface area contributed by atoms with Gasteiger partial charge in [0.25, 0.3) is 0 Å². The Morgan fingerprint density at radius 3 is 1.91 bits per heavy atom. The fourth-order valence-electron chi connectivity index (χ4n) is 9.91. The van der Waals surface area contributed by atoms with Gasteiger partial charge in [0.2, 0.25) is 0 Å². The second-order valence-electron chi connectivity index (χ2n) is 15.4. The van der Waals surface area contributed by atoms with Gasteiger partial charge in [-0.1, -0.05) is 84.9 Å². The van der Waals surface area contributed by atoms with Crippen LogP contribution in [0.4, 0.5) is 0 Å². The van der Waals surface area contributed by atoms with Gasteiger partial charge in [-0.15, -0.1) is 0 Å². The Morgan fingerprint density at radius 1 is 0.534 bits per heavy atom. The summed E-state index contributed by atoms with van der Waals surface area (Å²) in [6, 6.07) is 54.8. The molecule has 6 nitrogen and oxygen atoms in total. The van der Waals surface area contributed by atoms with Crippen molar-refractivity contribution in [3.8, 4) is 33.6 Å². The normalized spacial score (nSPS) is 13.9. The fraction of sp³-hybridized carbons (Fsp3) is 0.0577. The Kier molecular flexibility index (Phi) is 7.02. The lowest BCUT2D eigenvalue weighted by atomic mass is 9.71. The summed E-state index contributed by atoms with van der Waals surface area (Å²) in [5, 5.41) is 3.62. The molecule has 2 aliphatic rings. The number of aromatic nitrogens is 5. The van der Waals surface area contributed by atoms with Crippen LogP contribution in [0.25, 0.3) is 72.4 Å². The third-order valence-electron chi connectivity index (χ3n) is 12.3. The number of nitrogens with zero attached hydrogens (tertiary/aromatic N) is 6. The van der Waals surface area contributed by atoms with Crippen LogP contribution < -0.4 is 0 Å². The summed E-state index contributed by atoms with van der Waals surface area (Å²) < 4.78 is 4.78. The summed E-state index contributed by atoms with van der Waals surface area (Å²) in [6.45, 7) is 0.864. The number of hydrogen-bond donors (Lipinski definition) is 0. The minimum absolute atomic E-state index is 0.714. The van der Waals surface area contributed by atoms with Crippen LogP contribution in [0.2, 0.25) is 0 Å². The monoisotopic (exact) mass is 744 g/mol. The Morgan fingerprint density at radius 2 is 1.19 bits per heavy atom. The van der Waals surface area contributed by atoms with Gasteiger partial charge in [0.05, 0.1) is 33.6 Å². The third-order valence-corrected chi connectivity index (χ3v) is 12.3. The zero-order valence-corrected chi connectivity index (χ0v) is 31.8. The molecular weight excluding hydrogens is 709 g/mol. The van der Waals surface area contributed by atoms with Crippen LogP contribution in [0.3, 0.4) is 0 Å². The van der Waals surface area contributed by atoms with E-state index in [-0.39, 0.29) is 0 Å². The van der Waals surface area contributed by atoms with E-state index < -0.39 is 5.41 Å². The molecule has 274 valence electrons. The highest BCUT2D eigenvalue weighted by Gasteiger charge is 2.50. The average molecular weight is 745 g/mol. The summed E-state index contributed by atoms with van der Waals surface area (Å²) in [7, 11) is 2.11. The molecule has 1 aliphatic carbocycles. The van der Waals surface area contributed by atoms with E-state index in [9.17, 15) is 0 Å². The predicted octanol–water partition coefficient (Wildman–Crippen LogP) is 11.4. The molecule has 6 heterocycles. The summed E-state index contributed by atoms with van der Waals surface area (Å²) in [5.41, 5.74) is 16.7. The van der Waals surface area contributed by atoms with Crippen molar-refractivity contribution < 1.29 is 0 Å². The van der Waals surface area contributed by atoms with Crippen LogP contribution in [-0.4, -0.2) is 36.0 Å². The molecule has 0 fully saturated rings. The number of para-hydroxylation sites is 1. The first-order valence-corrected chi connectivity index (χ1v) is 19.8. The summed E-state index contributed by atoms with van der Waals surface area (Å²) in [4.78, 5) is 16.9. The van der Waals surface area contributed by atoms with E-state index in [1.54, 1.807) is 0 Å². The summed E-state index contributed by atoms with van der Waals surface area (Å²) in [5.74, 6) is 0. The second-order valence-corrected chi connectivity index (χ2v) is 15.4. The van der Waals surface area contributed by atoms with E-state index in [0.717, 1.165) is 40.3 Å². The van der Waals surface area contributed by atoms with E-state index in [2.05, 4.69) is 178 Å². The minimum Gasteiger partial charge on any atom is -0.376 e. The molecule has 58 heavy (non-hydrogen) atoms. The molecule has 10 aromatic rings. The molecule has 5 aromatic carbocycles. The van der Waals surface area contributed by atoms with Gasteiger partial charge in [-0.05, 0) is 106 Å². The van der Waals surface area contributed by atoms with Gasteiger partial charge >= 0.3 is 0 Å². The minimum atomic E-state index is -0.714. The number of hydrogen-bond acceptors (Lipinski definition) is 4. The van der Waals surface area contributed by atoms with Crippen LogP contribution in [0, 0.1) is 0 Å². The molecule has 0 radical (unpaired) electrons. The molecule has 5 aromatic heterocycles. The molecular formula is C52H36N6. The van der Waals surface area contributed by atoms with Crippen LogP contribution in [-0.2, 0) is 12.0 Å². The Balaban J connectivity index is 1.01. The first-order chi connectivity index (χ1) is 28.7. The fourth-order valence-corrected chi connectivity index (χ4v) is 9.91. The maximum absolute atomic E-state index is 5.10. The van der Waals surface area contributed by atoms with Gasteiger partial charge in [0.1, 0.15) is 5.41 Å². The molecule has 1 aliphatic heterocycles. The molecule has 0 bridgehead atoms. The van der Waals surface area contributed by atoms with Crippen molar-refractivity contribution in [2.75, 3.05) is 7.05 Å². The van der Waals surface area contributed by atoms with Crippen LogP contribution in [0.5, 0.6) is 0 Å². The second kappa shape index (κ2) is 12.5. The van der Waals surface area contributed by atoms with Crippen LogP contribution in [0.15, 0.2) is 183 Å². The van der Waals surface area contributed by atoms with Crippen molar-refractivity contribution in [1.29, 1.82) is 0 Å². The lowest BCUT2D eigenvalue weighted by Crippen LogP contribution is -2.31. The van der Waals surface area contributed by atoms with Crippen molar-refractivity contribution in [2.24, 2.45) is 0 Å². The smallest absolute Gasteiger partial charge is 0.106 e. The molecule has 0 amide bonds. The van der Waals surface area contributed by atoms with Gasteiger partial charge < -0.3 is 14.0 Å². The lowest BCUT2D eigenvalue weighted by Gasteiger charge is -2.32. The Bertz CT molecular complexity index is 3210. The molecule has 0 saturated heterocycles. The largest absolute Gasteiger partial charge is 0.376 e. The molecule has 0 unspecified atom stereocenters. The van der Waals surface area contributed by atoms with Gasteiger partial charge in [0, 0.05) is 77.7 Å². The van der Waals surface area contributed by atoms with Gasteiger partial charge in [-0.3, -0.25) is 15.0 Å². The van der Waals surface area contributed by atoms with Gasteiger partial charge in [0.15, 0.2) is 0 Å². The van der Waals surface area contributed by atoms with Gasteiger partial charge in [-0.25, -0.2) is 0 Å². The van der Waals surface area contributed by atoms with Crippen molar-refractivity contribution >= 4 is 38.8 Å². The van der Waals surface area contributed by atoms with E-state index in [0.29, 0.717) is 0 Å². The van der Waals surface area contributed by atoms with Crippen molar-refractivity contribution in [3.63, 3.8) is 0 Å². The molecule has 0 N–H and O–H groups in total. The van der Waals surface area contributed by atoms with Crippen LogP contribution >= 0.6 is 0 Å². The Labute approximate surface area is 335 Å². The quantitative estimate of drug-likeness (QED) is 0.176. The highest BCUT2D eigenvalue weighted by Crippen LogP contribution is 2.58. The molecule has 0 saturated carbocycles. The average Bonchev–Trinajstić information content (AvgIpc) is 3.91. The maximum atomic E-state index is 5.10. The highest BCUT2D eigenvalue weighted by atomic mass is 15.1. The number of rotatable bonds is 5. The lowest BCUT2D eigenvalue weighted by molar-refractivity contribution is 0.449.